The minimum Gasteiger partial charge on any atom is -0.485 e. The van der Waals surface area contributed by atoms with Crippen LogP contribution in [0.25, 0.3) is 0 Å². The number of fused-ring (bicyclic) bond motifs is 1. The number of piperazine rings is 1. The number of non-ortho nitro benzene ring substituents is 1. The minimum atomic E-state index is -0.391. The summed E-state index contributed by atoms with van der Waals surface area (Å²) in [6.07, 6.45) is 0.0855. The Balaban J connectivity index is 1.61. The Hall–Kier alpha value is -1.86. The molecule has 1 aromatic carbocycles. The molecule has 7 heteroatoms. The number of rotatable bonds is 3. The van der Waals surface area contributed by atoms with Crippen molar-refractivity contribution in [2.75, 3.05) is 51.6 Å². The summed E-state index contributed by atoms with van der Waals surface area (Å²) in [6.45, 7) is 5.86. The Morgan fingerprint density at radius 2 is 2.14 bits per heavy atom. The summed E-state index contributed by atoms with van der Waals surface area (Å²) in [6, 6.07) is 4.69. The van der Waals surface area contributed by atoms with Crippen molar-refractivity contribution in [3.63, 3.8) is 0 Å². The molecule has 0 saturated carbocycles. The van der Waals surface area contributed by atoms with Crippen molar-refractivity contribution in [1.29, 1.82) is 0 Å². The quantitative estimate of drug-likeness (QED) is 0.662. The van der Waals surface area contributed by atoms with E-state index in [-0.39, 0.29) is 11.8 Å². The highest BCUT2D eigenvalue weighted by Crippen LogP contribution is 2.32. The molecule has 1 atom stereocenters. The average Bonchev–Trinajstić information content (AvgIpc) is 2.49. The minimum absolute atomic E-state index is 0.0855. The van der Waals surface area contributed by atoms with E-state index >= 15 is 0 Å². The van der Waals surface area contributed by atoms with Crippen LogP contribution in [0.2, 0.25) is 0 Å². The topological polar surface area (TPSA) is 70.9 Å². The van der Waals surface area contributed by atoms with Crippen LogP contribution in [-0.2, 0) is 0 Å². The zero-order chi connectivity index (χ0) is 14.8. The summed E-state index contributed by atoms with van der Waals surface area (Å²) in [7, 11) is 2.14. The number of nitro benzene ring substituents is 1. The smallest absolute Gasteiger partial charge is 0.271 e. The Bertz CT molecular complexity index is 529. The summed E-state index contributed by atoms with van der Waals surface area (Å²) >= 11 is 0. The molecule has 0 aromatic heterocycles. The van der Waals surface area contributed by atoms with E-state index in [4.69, 9.17) is 4.74 Å². The van der Waals surface area contributed by atoms with Gasteiger partial charge < -0.3 is 15.0 Å². The molecule has 2 aliphatic rings. The molecule has 0 radical (unpaired) electrons. The molecular weight excluding hydrogens is 272 g/mol. The number of nitrogens with zero attached hydrogens (tertiary/aromatic N) is 3. The number of ether oxygens (including phenoxy) is 1. The first-order valence-electron chi connectivity index (χ1n) is 7.22. The fourth-order valence-electron chi connectivity index (χ4n) is 2.74. The van der Waals surface area contributed by atoms with Gasteiger partial charge in [0.05, 0.1) is 17.2 Å². The molecule has 0 bridgehead atoms. The van der Waals surface area contributed by atoms with E-state index in [1.807, 2.05) is 0 Å². The summed E-state index contributed by atoms with van der Waals surface area (Å²) in [5.74, 6) is 0.700. The van der Waals surface area contributed by atoms with Gasteiger partial charge in [-0.05, 0) is 13.1 Å². The van der Waals surface area contributed by atoms with Gasteiger partial charge in [-0.25, -0.2) is 0 Å². The Morgan fingerprint density at radius 3 is 2.86 bits per heavy atom. The molecule has 1 aromatic rings. The third-order valence-corrected chi connectivity index (χ3v) is 4.05. The van der Waals surface area contributed by atoms with Gasteiger partial charge in [-0.1, -0.05) is 0 Å². The predicted octanol–water partition coefficient (Wildman–Crippen LogP) is 1.02. The van der Waals surface area contributed by atoms with E-state index in [2.05, 4.69) is 22.2 Å². The van der Waals surface area contributed by atoms with Gasteiger partial charge in [-0.3, -0.25) is 15.0 Å². The maximum absolute atomic E-state index is 10.8. The lowest BCUT2D eigenvalue weighted by atomic mass is 10.2. The maximum atomic E-state index is 10.8. The number of hydrogen-bond donors (Lipinski definition) is 1. The van der Waals surface area contributed by atoms with Gasteiger partial charge in [-0.2, -0.15) is 0 Å². The van der Waals surface area contributed by atoms with Crippen LogP contribution in [0, 0.1) is 10.1 Å². The molecule has 0 amide bonds. The van der Waals surface area contributed by atoms with Crippen molar-refractivity contribution in [2.45, 2.75) is 6.10 Å². The van der Waals surface area contributed by atoms with Crippen molar-refractivity contribution in [3.8, 4) is 5.75 Å². The zero-order valence-electron chi connectivity index (χ0n) is 12.1. The standard InChI is InChI=1S/C14H20N4O3/c1-16-4-6-17(7-5-16)10-12-9-15-13-8-11(18(19)20)2-3-14(13)21-12/h2-3,8,12,15H,4-7,9-10H2,1H3. The Morgan fingerprint density at radius 1 is 1.38 bits per heavy atom. The van der Waals surface area contributed by atoms with Crippen LogP contribution in [0.15, 0.2) is 18.2 Å². The second-order valence-corrected chi connectivity index (χ2v) is 5.66. The fraction of sp³-hybridized carbons (Fsp3) is 0.571. The van der Waals surface area contributed by atoms with E-state index in [1.165, 1.54) is 12.1 Å². The first-order valence-corrected chi connectivity index (χ1v) is 7.22. The van der Waals surface area contributed by atoms with Gasteiger partial charge in [0, 0.05) is 44.9 Å². The highest BCUT2D eigenvalue weighted by Gasteiger charge is 2.24. The molecule has 1 unspecified atom stereocenters. The van der Waals surface area contributed by atoms with E-state index < -0.39 is 4.92 Å². The molecule has 0 spiro atoms. The van der Waals surface area contributed by atoms with Crippen LogP contribution in [0.5, 0.6) is 5.75 Å². The second-order valence-electron chi connectivity index (χ2n) is 5.66. The molecule has 1 fully saturated rings. The number of benzene rings is 1. The molecular formula is C14H20N4O3. The van der Waals surface area contributed by atoms with Crippen molar-refractivity contribution in [3.05, 3.63) is 28.3 Å². The summed E-state index contributed by atoms with van der Waals surface area (Å²) < 4.78 is 5.96. The van der Waals surface area contributed by atoms with Crippen molar-refractivity contribution in [1.82, 2.24) is 9.80 Å². The molecule has 0 aliphatic carbocycles. The molecule has 2 heterocycles. The van der Waals surface area contributed by atoms with Gasteiger partial charge in [0.25, 0.3) is 5.69 Å². The summed E-state index contributed by atoms with van der Waals surface area (Å²) in [5.41, 5.74) is 0.793. The Labute approximate surface area is 123 Å². The third-order valence-electron chi connectivity index (χ3n) is 4.05. The first-order chi connectivity index (χ1) is 10.1. The van der Waals surface area contributed by atoms with Crippen LogP contribution >= 0.6 is 0 Å². The fourth-order valence-corrected chi connectivity index (χ4v) is 2.74. The molecule has 2 aliphatic heterocycles. The van der Waals surface area contributed by atoms with Crippen LogP contribution in [-0.4, -0.2) is 67.1 Å². The van der Waals surface area contributed by atoms with Crippen molar-refractivity contribution >= 4 is 11.4 Å². The molecule has 1 N–H and O–H groups in total. The SMILES string of the molecule is CN1CCN(CC2CNc3cc([N+](=O)[O-])ccc3O2)CC1. The number of nitro groups is 1. The molecule has 1 saturated heterocycles. The van der Waals surface area contributed by atoms with E-state index in [1.54, 1.807) is 6.07 Å². The maximum Gasteiger partial charge on any atom is 0.271 e. The van der Waals surface area contributed by atoms with Gasteiger partial charge in [0.15, 0.2) is 0 Å². The predicted molar refractivity (Wildman–Crippen MR) is 79.9 cm³/mol. The lowest BCUT2D eigenvalue weighted by Crippen LogP contribution is -2.49. The highest BCUT2D eigenvalue weighted by molar-refractivity contribution is 5.62. The molecule has 21 heavy (non-hydrogen) atoms. The lowest BCUT2D eigenvalue weighted by Gasteiger charge is -2.36. The van der Waals surface area contributed by atoms with E-state index in [0.29, 0.717) is 18.0 Å². The van der Waals surface area contributed by atoms with Crippen LogP contribution in [0.1, 0.15) is 0 Å². The number of nitrogens with one attached hydrogen (secondary N) is 1. The molecule has 3 rings (SSSR count). The number of hydrogen-bond acceptors (Lipinski definition) is 6. The van der Waals surface area contributed by atoms with Gasteiger partial charge in [0.1, 0.15) is 11.9 Å². The van der Waals surface area contributed by atoms with Gasteiger partial charge >= 0.3 is 0 Å². The molecule has 114 valence electrons. The largest absolute Gasteiger partial charge is 0.485 e. The average molecular weight is 292 g/mol. The summed E-state index contributed by atoms with van der Waals surface area (Å²) in [4.78, 5) is 15.1. The normalized spacial score (nSPS) is 23.0. The number of likely N-dealkylation sites (N-methyl/N-ethyl adjacent to an activating group) is 1. The van der Waals surface area contributed by atoms with E-state index in [9.17, 15) is 10.1 Å². The Kier molecular flexibility index (Phi) is 3.94. The van der Waals surface area contributed by atoms with E-state index in [0.717, 1.165) is 32.7 Å². The van der Waals surface area contributed by atoms with Crippen LogP contribution in [0.4, 0.5) is 11.4 Å². The summed E-state index contributed by atoms with van der Waals surface area (Å²) in [5, 5.41) is 14.0. The number of anilines is 1. The molecule has 7 nitrogen and oxygen atoms in total. The van der Waals surface area contributed by atoms with Crippen LogP contribution < -0.4 is 10.1 Å². The zero-order valence-corrected chi connectivity index (χ0v) is 12.1. The highest BCUT2D eigenvalue weighted by atomic mass is 16.6. The third kappa shape index (κ3) is 3.25. The first kappa shape index (κ1) is 14.1. The second kappa shape index (κ2) is 5.87. The van der Waals surface area contributed by atoms with Crippen molar-refractivity contribution in [2.24, 2.45) is 0 Å². The van der Waals surface area contributed by atoms with Gasteiger partial charge in [0.2, 0.25) is 0 Å². The van der Waals surface area contributed by atoms with Gasteiger partial charge in [-0.15, -0.1) is 0 Å². The van der Waals surface area contributed by atoms with Crippen LogP contribution in [0.3, 0.4) is 0 Å². The lowest BCUT2D eigenvalue weighted by molar-refractivity contribution is -0.384. The monoisotopic (exact) mass is 292 g/mol. The van der Waals surface area contributed by atoms with Crippen molar-refractivity contribution < 1.29 is 9.66 Å².